The zero-order valence-corrected chi connectivity index (χ0v) is 10.3. The number of ether oxygens (including phenoxy) is 1. The van der Waals surface area contributed by atoms with Crippen LogP contribution in [0.2, 0.25) is 0 Å². The number of rotatable bonds is 5. The number of esters is 1. The Balaban J connectivity index is 0.00000144. The Morgan fingerprint density at radius 1 is 1.41 bits per heavy atom. The summed E-state index contributed by atoms with van der Waals surface area (Å²) in [7, 11) is 0. The molecule has 0 bridgehead atoms. The number of hydrazine groups is 1. The third-order valence-corrected chi connectivity index (χ3v) is 2.73. The summed E-state index contributed by atoms with van der Waals surface area (Å²) in [6.07, 6.45) is 2.14. The molecular weight excluding hydrogens is 240 g/mol. The highest BCUT2D eigenvalue weighted by atomic mass is 35.5. The fourth-order valence-corrected chi connectivity index (χ4v) is 1.67. The molecule has 3 N–H and O–H groups in total. The molecule has 1 aliphatic rings. The second kappa shape index (κ2) is 6.59. The molecule has 0 spiro atoms. The Morgan fingerprint density at radius 2 is 2.06 bits per heavy atom. The third-order valence-electron chi connectivity index (χ3n) is 2.73. The third kappa shape index (κ3) is 4.00. The van der Waals surface area contributed by atoms with Gasteiger partial charge in [0.1, 0.15) is 6.10 Å². The van der Waals surface area contributed by atoms with Gasteiger partial charge in [0.2, 0.25) is 0 Å². The molecule has 0 saturated heterocycles. The molecule has 94 valence electrons. The van der Waals surface area contributed by atoms with Gasteiger partial charge in [-0.1, -0.05) is 18.2 Å². The molecule has 0 heterocycles. The summed E-state index contributed by atoms with van der Waals surface area (Å²) in [4.78, 5) is 11.8. The van der Waals surface area contributed by atoms with Crippen molar-refractivity contribution in [1.29, 1.82) is 0 Å². The van der Waals surface area contributed by atoms with Crippen molar-refractivity contribution in [2.24, 2.45) is 11.8 Å². The van der Waals surface area contributed by atoms with Crippen LogP contribution in [0.5, 0.6) is 0 Å². The number of halogens is 1. The van der Waals surface area contributed by atoms with Gasteiger partial charge in [0.15, 0.2) is 0 Å². The van der Waals surface area contributed by atoms with Crippen LogP contribution in [0.25, 0.3) is 0 Å². The average Bonchev–Trinajstić information content (AvgIpc) is 3.13. The van der Waals surface area contributed by atoms with Crippen LogP contribution >= 0.6 is 12.4 Å². The maximum Gasteiger partial charge on any atom is 0.338 e. The number of nitrogens with two attached hydrogens (primary N) is 1. The first-order valence-electron chi connectivity index (χ1n) is 5.50. The first-order valence-corrected chi connectivity index (χ1v) is 5.50. The molecule has 1 aliphatic carbocycles. The van der Waals surface area contributed by atoms with E-state index in [2.05, 4.69) is 5.43 Å². The quantitative estimate of drug-likeness (QED) is 0.476. The molecule has 0 radical (unpaired) electrons. The Morgan fingerprint density at radius 3 is 2.59 bits per heavy atom. The molecule has 17 heavy (non-hydrogen) atoms. The Bertz CT molecular complexity index is 355. The minimum absolute atomic E-state index is 0. The van der Waals surface area contributed by atoms with Gasteiger partial charge in [-0.2, -0.15) is 0 Å². The standard InChI is InChI=1S/C12H16N2O2.ClH/c13-14-8-11(9-6-7-9)16-12(15)10-4-2-1-3-5-10;/h1-5,9,11,14H,6-8,13H2;1H. The topological polar surface area (TPSA) is 64.3 Å². The van der Waals surface area contributed by atoms with E-state index >= 15 is 0 Å². The number of hydrogen-bond acceptors (Lipinski definition) is 4. The number of carbonyl (C=O) groups excluding carboxylic acids is 1. The number of benzene rings is 1. The lowest BCUT2D eigenvalue weighted by Crippen LogP contribution is -2.36. The van der Waals surface area contributed by atoms with E-state index in [1.165, 1.54) is 0 Å². The average molecular weight is 257 g/mol. The van der Waals surface area contributed by atoms with Crippen LogP contribution in [0.3, 0.4) is 0 Å². The second-order valence-electron chi connectivity index (χ2n) is 4.06. The van der Waals surface area contributed by atoms with Gasteiger partial charge in [0.25, 0.3) is 0 Å². The van der Waals surface area contributed by atoms with E-state index in [1.807, 2.05) is 18.2 Å². The maximum atomic E-state index is 11.8. The molecule has 1 saturated carbocycles. The molecule has 5 heteroatoms. The van der Waals surface area contributed by atoms with Gasteiger partial charge in [0, 0.05) is 6.54 Å². The molecule has 1 fully saturated rings. The summed E-state index contributed by atoms with van der Waals surface area (Å²) in [5.41, 5.74) is 3.16. The summed E-state index contributed by atoms with van der Waals surface area (Å²) in [5.74, 6) is 5.47. The molecule has 0 aliphatic heterocycles. The lowest BCUT2D eigenvalue weighted by molar-refractivity contribution is 0.0249. The molecule has 0 amide bonds. The number of hydrogen-bond donors (Lipinski definition) is 2. The molecular formula is C12H17ClN2O2. The van der Waals surface area contributed by atoms with E-state index in [0.29, 0.717) is 18.0 Å². The van der Waals surface area contributed by atoms with Crippen LogP contribution < -0.4 is 11.3 Å². The van der Waals surface area contributed by atoms with Crippen molar-refractivity contribution in [2.75, 3.05) is 6.54 Å². The SMILES string of the molecule is Cl.NNCC(OC(=O)c1ccccc1)C1CC1. The van der Waals surface area contributed by atoms with Crippen LogP contribution in [0, 0.1) is 5.92 Å². The predicted octanol–water partition coefficient (Wildman–Crippen LogP) is 1.51. The molecule has 1 unspecified atom stereocenters. The zero-order valence-electron chi connectivity index (χ0n) is 9.46. The molecule has 2 rings (SSSR count). The van der Waals surface area contributed by atoms with Crippen molar-refractivity contribution in [1.82, 2.24) is 5.43 Å². The zero-order chi connectivity index (χ0) is 11.4. The number of nitrogens with one attached hydrogen (secondary N) is 1. The molecule has 1 aromatic rings. The summed E-state index contributed by atoms with van der Waals surface area (Å²) < 4.78 is 5.42. The van der Waals surface area contributed by atoms with E-state index in [0.717, 1.165) is 12.8 Å². The highest BCUT2D eigenvalue weighted by Gasteiger charge is 2.33. The van der Waals surface area contributed by atoms with E-state index in [4.69, 9.17) is 10.6 Å². The van der Waals surface area contributed by atoms with E-state index in [1.54, 1.807) is 12.1 Å². The van der Waals surface area contributed by atoms with Crippen molar-refractivity contribution < 1.29 is 9.53 Å². The first kappa shape index (κ1) is 14.0. The maximum absolute atomic E-state index is 11.8. The second-order valence-corrected chi connectivity index (χ2v) is 4.06. The predicted molar refractivity (Wildman–Crippen MR) is 67.8 cm³/mol. The summed E-state index contributed by atoms with van der Waals surface area (Å²) >= 11 is 0. The van der Waals surface area contributed by atoms with Crippen LogP contribution in [0.1, 0.15) is 23.2 Å². The Hall–Kier alpha value is -1.10. The van der Waals surface area contributed by atoms with Crippen LogP contribution in [-0.4, -0.2) is 18.6 Å². The minimum Gasteiger partial charge on any atom is -0.457 e. The van der Waals surface area contributed by atoms with E-state index in [9.17, 15) is 4.79 Å². The van der Waals surface area contributed by atoms with Gasteiger partial charge in [-0.3, -0.25) is 11.3 Å². The minimum atomic E-state index is -0.271. The van der Waals surface area contributed by atoms with Crippen LogP contribution in [-0.2, 0) is 4.74 Å². The van der Waals surface area contributed by atoms with E-state index < -0.39 is 0 Å². The van der Waals surface area contributed by atoms with Crippen LogP contribution in [0.15, 0.2) is 30.3 Å². The van der Waals surface area contributed by atoms with Crippen molar-refractivity contribution in [3.63, 3.8) is 0 Å². The fraction of sp³-hybridized carbons (Fsp3) is 0.417. The van der Waals surface area contributed by atoms with Gasteiger partial charge in [0.05, 0.1) is 5.56 Å². The van der Waals surface area contributed by atoms with Gasteiger partial charge in [-0.25, -0.2) is 4.79 Å². The lowest BCUT2D eigenvalue weighted by Gasteiger charge is -2.16. The van der Waals surface area contributed by atoms with Gasteiger partial charge in [-0.15, -0.1) is 12.4 Å². The van der Waals surface area contributed by atoms with Crippen molar-refractivity contribution in [3.8, 4) is 0 Å². The van der Waals surface area contributed by atoms with E-state index in [-0.39, 0.29) is 24.5 Å². The summed E-state index contributed by atoms with van der Waals surface area (Å²) in [5, 5.41) is 0. The van der Waals surface area contributed by atoms with Crippen LogP contribution in [0.4, 0.5) is 0 Å². The van der Waals surface area contributed by atoms with Crippen molar-refractivity contribution in [2.45, 2.75) is 18.9 Å². The lowest BCUT2D eigenvalue weighted by atomic mass is 10.2. The summed E-state index contributed by atoms with van der Waals surface area (Å²) in [6, 6.07) is 9.02. The molecule has 1 aromatic carbocycles. The highest BCUT2D eigenvalue weighted by molar-refractivity contribution is 5.89. The number of carbonyl (C=O) groups is 1. The largest absolute Gasteiger partial charge is 0.457 e. The summed E-state index contributed by atoms with van der Waals surface area (Å²) in [6.45, 7) is 0.517. The fourth-order valence-electron chi connectivity index (χ4n) is 1.67. The first-order chi connectivity index (χ1) is 7.81. The van der Waals surface area contributed by atoms with Gasteiger partial charge < -0.3 is 4.74 Å². The normalized spacial score (nSPS) is 15.8. The smallest absolute Gasteiger partial charge is 0.338 e. The van der Waals surface area contributed by atoms with Crippen molar-refractivity contribution >= 4 is 18.4 Å². The van der Waals surface area contributed by atoms with Gasteiger partial charge in [-0.05, 0) is 30.9 Å². The molecule has 4 nitrogen and oxygen atoms in total. The Kier molecular flexibility index (Phi) is 5.41. The Labute approximate surface area is 107 Å². The molecule has 1 atom stereocenters. The monoisotopic (exact) mass is 256 g/mol. The highest BCUT2D eigenvalue weighted by Crippen LogP contribution is 2.34. The van der Waals surface area contributed by atoms with Gasteiger partial charge >= 0.3 is 5.97 Å². The molecule has 0 aromatic heterocycles. The van der Waals surface area contributed by atoms with Crippen molar-refractivity contribution in [3.05, 3.63) is 35.9 Å².